The van der Waals surface area contributed by atoms with E-state index in [1.54, 1.807) is 6.92 Å². The molecule has 1 saturated carbocycles. The second kappa shape index (κ2) is 3.62. The standard InChI is InChI=1S/C9H14N4O2/c1-6-12-7(13-15-6)8(14)11-5-9(10)3-2-4-9/h2-5,10H2,1H3,(H,11,14). The molecule has 0 atom stereocenters. The number of nitrogens with one attached hydrogen (secondary N) is 1. The van der Waals surface area contributed by atoms with Crippen LogP contribution < -0.4 is 11.1 Å². The maximum atomic E-state index is 11.5. The van der Waals surface area contributed by atoms with Crippen LogP contribution in [-0.2, 0) is 0 Å². The largest absolute Gasteiger partial charge is 0.347 e. The van der Waals surface area contributed by atoms with Gasteiger partial charge in [-0.15, -0.1) is 0 Å². The molecule has 0 radical (unpaired) electrons. The van der Waals surface area contributed by atoms with Crippen LogP contribution in [0.15, 0.2) is 4.52 Å². The molecule has 0 saturated heterocycles. The van der Waals surface area contributed by atoms with Crippen LogP contribution in [0.1, 0.15) is 35.8 Å². The molecule has 6 heteroatoms. The number of nitrogens with two attached hydrogens (primary N) is 1. The van der Waals surface area contributed by atoms with Gasteiger partial charge in [-0.1, -0.05) is 5.16 Å². The van der Waals surface area contributed by atoms with E-state index in [9.17, 15) is 4.79 Å². The molecule has 2 rings (SSSR count). The molecular formula is C9H14N4O2. The average Bonchev–Trinajstić information content (AvgIpc) is 2.58. The van der Waals surface area contributed by atoms with Crippen LogP contribution in [0.2, 0.25) is 0 Å². The molecule has 1 aliphatic rings. The van der Waals surface area contributed by atoms with Crippen LogP contribution >= 0.6 is 0 Å². The van der Waals surface area contributed by atoms with E-state index in [0.29, 0.717) is 12.4 Å². The minimum Gasteiger partial charge on any atom is -0.347 e. The number of hydrogen-bond acceptors (Lipinski definition) is 5. The van der Waals surface area contributed by atoms with Gasteiger partial charge in [0.05, 0.1) is 0 Å². The molecule has 0 unspecified atom stereocenters. The molecule has 0 aromatic carbocycles. The molecule has 1 aromatic heterocycles. The van der Waals surface area contributed by atoms with Gasteiger partial charge < -0.3 is 15.6 Å². The maximum absolute atomic E-state index is 11.5. The van der Waals surface area contributed by atoms with E-state index >= 15 is 0 Å². The summed E-state index contributed by atoms with van der Waals surface area (Å²) in [6.07, 6.45) is 3.05. The first-order valence-corrected chi connectivity index (χ1v) is 4.96. The Kier molecular flexibility index (Phi) is 2.44. The van der Waals surface area contributed by atoms with Crippen molar-refractivity contribution in [3.63, 3.8) is 0 Å². The summed E-state index contributed by atoms with van der Waals surface area (Å²) in [7, 11) is 0. The summed E-state index contributed by atoms with van der Waals surface area (Å²) in [5, 5.41) is 6.23. The van der Waals surface area contributed by atoms with Crippen molar-refractivity contribution in [2.45, 2.75) is 31.7 Å². The number of hydrogen-bond donors (Lipinski definition) is 2. The molecule has 0 spiro atoms. The summed E-state index contributed by atoms with van der Waals surface area (Å²) in [6.45, 7) is 2.11. The number of carbonyl (C=O) groups excluding carboxylic acids is 1. The summed E-state index contributed by atoms with van der Waals surface area (Å²) in [5.41, 5.74) is 5.73. The van der Waals surface area contributed by atoms with Gasteiger partial charge >= 0.3 is 0 Å². The van der Waals surface area contributed by atoms with Gasteiger partial charge in [0.1, 0.15) is 0 Å². The molecule has 0 bridgehead atoms. The number of rotatable bonds is 3. The Morgan fingerprint density at radius 3 is 2.87 bits per heavy atom. The third-order valence-electron chi connectivity index (χ3n) is 2.68. The van der Waals surface area contributed by atoms with Gasteiger partial charge in [0, 0.05) is 19.0 Å². The summed E-state index contributed by atoms with van der Waals surface area (Å²) in [5.74, 6) is 0.116. The van der Waals surface area contributed by atoms with Crippen molar-refractivity contribution in [3.05, 3.63) is 11.7 Å². The lowest BCUT2D eigenvalue weighted by Gasteiger charge is -2.37. The van der Waals surface area contributed by atoms with Gasteiger partial charge in [0.25, 0.3) is 11.7 Å². The zero-order chi connectivity index (χ0) is 10.9. The minimum atomic E-state index is -0.330. The van der Waals surface area contributed by atoms with E-state index in [4.69, 9.17) is 10.3 Å². The van der Waals surface area contributed by atoms with Crippen LogP contribution in [0.25, 0.3) is 0 Å². The zero-order valence-corrected chi connectivity index (χ0v) is 8.62. The summed E-state index contributed by atoms with van der Waals surface area (Å²) < 4.78 is 4.70. The first-order valence-electron chi connectivity index (χ1n) is 4.96. The number of carbonyl (C=O) groups is 1. The van der Waals surface area contributed by atoms with Crippen molar-refractivity contribution in [3.8, 4) is 0 Å². The van der Waals surface area contributed by atoms with Gasteiger partial charge in [-0.05, 0) is 19.3 Å². The number of nitrogens with zero attached hydrogens (tertiary/aromatic N) is 2. The van der Waals surface area contributed by atoms with Crippen molar-refractivity contribution in [1.29, 1.82) is 0 Å². The van der Waals surface area contributed by atoms with Gasteiger partial charge in [-0.3, -0.25) is 4.79 Å². The third-order valence-corrected chi connectivity index (χ3v) is 2.68. The highest BCUT2D eigenvalue weighted by molar-refractivity contribution is 5.90. The lowest BCUT2D eigenvalue weighted by Crippen LogP contribution is -2.55. The SMILES string of the molecule is Cc1nc(C(=O)NCC2(N)CCC2)no1. The van der Waals surface area contributed by atoms with Crippen LogP contribution in [0.4, 0.5) is 0 Å². The summed E-state index contributed by atoms with van der Waals surface area (Å²) in [6, 6.07) is 0. The first kappa shape index (κ1) is 10.1. The molecule has 15 heavy (non-hydrogen) atoms. The Morgan fingerprint density at radius 2 is 2.40 bits per heavy atom. The third kappa shape index (κ3) is 2.15. The average molecular weight is 210 g/mol. The van der Waals surface area contributed by atoms with Gasteiger partial charge in [0.15, 0.2) is 0 Å². The highest BCUT2D eigenvalue weighted by atomic mass is 16.5. The van der Waals surface area contributed by atoms with Gasteiger partial charge in [-0.25, -0.2) is 0 Å². The molecule has 1 heterocycles. The van der Waals surface area contributed by atoms with E-state index in [1.807, 2.05) is 0 Å². The fraction of sp³-hybridized carbons (Fsp3) is 0.667. The smallest absolute Gasteiger partial charge is 0.292 e. The first-order chi connectivity index (χ1) is 7.09. The maximum Gasteiger partial charge on any atom is 0.292 e. The van der Waals surface area contributed by atoms with Crippen LogP contribution in [0.5, 0.6) is 0 Å². The van der Waals surface area contributed by atoms with E-state index < -0.39 is 0 Å². The molecule has 6 nitrogen and oxygen atoms in total. The monoisotopic (exact) mass is 210 g/mol. The lowest BCUT2D eigenvalue weighted by atomic mass is 9.78. The van der Waals surface area contributed by atoms with E-state index in [0.717, 1.165) is 19.3 Å². The normalized spacial score (nSPS) is 18.3. The quantitative estimate of drug-likeness (QED) is 0.731. The molecule has 3 N–H and O–H groups in total. The molecule has 1 aromatic rings. The topological polar surface area (TPSA) is 94.0 Å². The summed E-state index contributed by atoms with van der Waals surface area (Å²) >= 11 is 0. The Morgan fingerprint density at radius 1 is 1.67 bits per heavy atom. The van der Waals surface area contributed by atoms with Crippen molar-refractivity contribution >= 4 is 5.91 Å². The molecule has 1 amide bonds. The Balaban J connectivity index is 1.87. The number of amides is 1. The predicted octanol–water partition coefficient (Wildman–Crippen LogP) is -0.0108. The second-order valence-electron chi connectivity index (χ2n) is 4.04. The zero-order valence-electron chi connectivity index (χ0n) is 8.62. The van der Waals surface area contributed by atoms with Gasteiger partial charge in [0.2, 0.25) is 5.89 Å². The van der Waals surface area contributed by atoms with E-state index in [2.05, 4.69) is 15.5 Å². The van der Waals surface area contributed by atoms with Crippen molar-refractivity contribution in [2.75, 3.05) is 6.54 Å². The van der Waals surface area contributed by atoms with Crippen molar-refractivity contribution in [2.24, 2.45) is 5.73 Å². The highest BCUT2D eigenvalue weighted by Gasteiger charge is 2.33. The molecular weight excluding hydrogens is 196 g/mol. The summed E-state index contributed by atoms with van der Waals surface area (Å²) in [4.78, 5) is 15.3. The fourth-order valence-corrected chi connectivity index (χ4v) is 1.53. The predicted molar refractivity (Wildman–Crippen MR) is 52.1 cm³/mol. The Hall–Kier alpha value is -1.43. The van der Waals surface area contributed by atoms with Crippen LogP contribution in [0, 0.1) is 6.92 Å². The van der Waals surface area contributed by atoms with Crippen molar-refractivity contribution in [1.82, 2.24) is 15.5 Å². The number of aryl methyl sites for hydroxylation is 1. The Labute approximate surface area is 87.2 Å². The van der Waals surface area contributed by atoms with Gasteiger partial charge in [-0.2, -0.15) is 4.98 Å². The molecule has 1 fully saturated rings. The lowest BCUT2D eigenvalue weighted by molar-refractivity contribution is 0.0916. The molecule has 1 aliphatic carbocycles. The highest BCUT2D eigenvalue weighted by Crippen LogP contribution is 2.27. The Bertz CT molecular complexity index is 370. The van der Waals surface area contributed by atoms with Crippen LogP contribution in [-0.4, -0.2) is 28.1 Å². The molecule has 82 valence electrons. The van der Waals surface area contributed by atoms with E-state index in [-0.39, 0.29) is 17.3 Å². The fourth-order valence-electron chi connectivity index (χ4n) is 1.53. The second-order valence-corrected chi connectivity index (χ2v) is 4.04. The minimum absolute atomic E-state index is 0.0652. The van der Waals surface area contributed by atoms with E-state index in [1.165, 1.54) is 0 Å². The molecule has 0 aliphatic heterocycles. The van der Waals surface area contributed by atoms with Crippen LogP contribution in [0.3, 0.4) is 0 Å². The number of aromatic nitrogens is 2. The van der Waals surface area contributed by atoms with Crippen molar-refractivity contribution < 1.29 is 9.32 Å².